The Labute approximate surface area is 160 Å². The molecule has 2 aromatic carbocycles. The monoisotopic (exact) mass is 390 g/mol. The minimum absolute atomic E-state index is 0.229. The summed E-state index contributed by atoms with van der Waals surface area (Å²) in [5, 5.41) is 6.45. The molecule has 0 saturated carbocycles. The van der Waals surface area contributed by atoms with Gasteiger partial charge in [-0.25, -0.2) is 18.1 Å². The average Bonchev–Trinajstić information content (AvgIpc) is 2.70. The van der Waals surface area contributed by atoms with Crippen LogP contribution in [0.4, 0.5) is 0 Å². The number of hydrogen-bond acceptors (Lipinski definition) is 4. The second-order valence-corrected chi connectivity index (χ2v) is 7.64. The number of guanidine groups is 1. The third kappa shape index (κ3) is 6.26. The lowest BCUT2D eigenvalue weighted by Gasteiger charge is -2.12. The molecule has 0 radical (unpaired) electrons. The minimum atomic E-state index is -3.46. The highest BCUT2D eigenvalue weighted by Gasteiger charge is 2.11. The largest absolute Gasteiger partial charge is 0.497 e. The van der Waals surface area contributed by atoms with Gasteiger partial charge in [-0.05, 0) is 49.4 Å². The van der Waals surface area contributed by atoms with Crippen molar-refractivity contribution in [3.05, 3.63) is 59.7 Å². The number of nitrogens with zero attached hydrogens (tertiary/aromatic N) is 1. The average molecular weight is 391 g/mol. The number of sulfonamides is 1. The zero-order valence-corrected chi connectivity index (χ0v) is 16.6. The molecule has 0 amide bonds. The number of benzene rings is 2. The number of aliphatic imine (C=N–C) groups is 1. The van der Waals surface area contributed by atoms with E-state index in [1.54, 1.807) is 25.3 Å². The molecule has 0 atom stereocenters. The van der Waals surface area contributed by atoms with Gasteiger partial charge >= 0.3 is 0 Å². The van der Waals surface area contributed by atoms with E-state index < -0.39 is 10.0 Å². The van der Waals surface area contributed by atoms with Gasteiger partial charge in [-0.2, -0.15) is 0 Å². The van der Waals surface area contributed by atoms with Gasteiger partial charge in [0.05, 0.1) is 18.6 Å². The van der Waals surface area contributed by atoms with Gasteiger partial charge in [-0.3, -0.25) is 0 Å². The molecule has 0 spiro atoms. The van der Waals surface area contributed by atoms with Crippen molar-refractivity contribution in [2.75, 3.05) is 20.7 Å². The first kappa shape index (κ1) is 20.7. The van der Waals surface area contributed by atoms with Crippen molar-refractivity contribution in [2.45, 2.75) is 24.9 Å². The van der Waals surface area contributed by atoms with Crippen molar-refractivity contribution < 1.29 is 13.2 Å². The van der Waals surface area contributed by atoms with E-state index in [2.05, 4.69) is 20.3 Å². The van der Waals surface area contributed by atoms with Crippen molar-refractivity contribution in [3.8, 4) is 5.75 Å². The minimum Gasteiger partial charge on any atom is -0.497 e. The van der Waals surface area contributed by atoms with Crippen LogP contribution < -0.4 is 20.1 Å². The van der Waals surface area contributed by atoms with Crippen molar-refractivity contribution in [2.24, 2.45) is 4.99 Å². The van der Waals surface area contributed by atoms with Crippen molar-refractivity contribution in [1.82, 2.24) is 15.4 Å². The molecule has 8 heteroatoms. The Bertz CT molecular complexity index is 882. The fourth-order valence-corrected chi connectivity index (χ4v) is 3.21. The zero-order valence-electron chi connectivity index (χ0n) is 15.8. The van der Waals surface area contributed by atoms with Gasteiger partial charge in [-0.1, -0.05) is 24.3 Å². The molecule has 7 nitrogen and oxygen atoms in total. The Balaban J connectivity index is 2.08. The van der Waals surface area contributed by atoms with Crippen molar-refractivity contribution in [1.29, 1.82) is 0 Å². The Morgan fingerprint density at radius 2 is 1.81 bits per heavy atom. The van der Waals surface area contributed by atoms with E-state index in [0.717, 1.165) is 23.4 Å². The van der Waals surface area contributed by atoms with E-state index >= 15 is 0 Å². The highest BCUT2D eigenvalue weighted by molar-refractivity contribution is 7.89. The van der Waals surface area contributed by atoms with E-state index in [1.807, 2.05) is 37.3 Å². The molecule has 2 rings (SSSR count). The molecule has 0 aromatic heterocycles. The van der Waals surface area contributed by atoms with Gasteiger partial charge in [0.15, 0.2) is 5.96 Å². The second-order valence-electron chi connectivity index (χ2n) is 5.76. The summed E-state index contributed by atoms with van der Waals surface area (Å²) in [6.07, 6.45) is 0. The maximum atomic E-state index is 11.9. The van der Waals surface area contributed by atoms with E-state index in [0.29, 0.717) is 19.0 Å². The van der Waals surface area contributed by atoms with E-state index in [1.165, 1.54) is 7.05 Å². The number of nitrogens with one attached hydrogen (secondary N) is 3. The van der Waals surface area contributed by atoms with E-state index in [-0.39, 0.29) is 4.90 Å². The smallest absolute Gasteiger partial charge is 0.240 e. The summed E-state index contributed by atoms with van der Waals surface area (Å²) in [6.45, 7) is 3.67. The summed E-state index contributed by atoms with van der Waals surface area (Å²) in [5.74, 6) is 1.46. The summed E-state index contributed by atoms with van der Waals surface area (Å²) in [6, 6.07) is 14.6. The molecule has 0 saturated heterocycles. The standard InChI is InChI=1S/C19H26N4O3S/c1-4-21-19(22-13-15-7-5-9-17(11-15)26-3)23-14-16-8-6-10-18(12-16)27(24,25)20-2/h5-12,20H,4,13-14H2,1-3H3,(H2,21,22,23). The Kier molecular flexibility index (Phi) is 7.63. The zero-order chi connectivity index (χ0) is 19.7. The molecule has 0 unspecified atom stereocenters. The van der Waals surface area contributed by atoms with E-state index in [9.17, 15) is 8.42 Å². The molecule has 0 fully saturated rings. The molecule has 27 heavy (non-hydrogen) atoms. The number of hydrogen-bond donors (Lipinski definition) is 3. The molecule has 0 heterocycles. The summed E-state index contributed by atoms with van der Waals surface area (Å²) >= 11 is 0. The number of rotatable bonds is 8. The van der Waals surface area contributed by atoms with E-state index in [4.69, 9.17) is 4.74 Å². The first-order chi connectivity index (χ1) is 13.0. The maximum Gasteiger partial charge on any atom is 0.240 e. The highest BCUT2D eigenvalue weighted by Crippen LogP contribution is 2.13. The van der Waals surface area contributed by atoms with Gasteiger partial charge in [0, 0.05) is 13.1 Å². The molecule has 0 bridgehead atoms. The van der Waals surface area contributed by atoms with Crippen LogP contribution in [0, 0.1) is 0 Å². The maximum absolute atomic E-state index is 11.9. The van der Waals surface area contributed by atoms with Crippen LogP contribution in [-0.4, -0.2) is 35.1 Å². The SMILES string of the molecule is CCNC(=NCc1cccc(S(=O)(=O)NC)c1)NCc1cccc(OC)c1. The molecule has 2 aromatic rings. The summed E-state index contributed by atoms with van der Waals surface area (Å²) in [7, 11) is -0.430. The molecule has 3 N–H and O–H groups in total. The van der Waals surface area contributed by atoms with Gasteiger partial charge in [0.2, 0.25) is 10.0 Å². The van der Waals surface area contributed by atoms with Crippen molar-refractivity contribution >= 4 is 16.0 Å². The quantitative estimate of drug-likeness (QED) is 0.473. The third-order valence-electron chi connectivity index (χ3n) is 3.84. The van der Waals surface area contributed by atoms with Crippen LogP contribution in [0.1, 0.15) is 18.1 Å². The van der Waals surface area contributed by atoms with Crippen LogP contribution in [-0.2, 0) is 23.1 Å². The van der Waals surface area contributed by atoms with Gasteiger partial charge in [0.1, 0.15) is 5.75 Å². The number of methoxy groups -OCH3 is 1. The summed E-state index contributed by atoms with van der Waals surface area (Å²) in [4.78, 5) is 4.77. The molecule has 0 aliphatic carbocycles. The lowest BCUT2D eigenvalue weighted by atomic mass is 10.2. The molecule has 0 aliphatic heterocycles. The topological polar surface area (TPSA) is 91.8 Å². The van der Waals surface area contributed by atoms with Gasteiger partial charge in [0.25, 0.3) is 0 Å². The predicted molar refractivity (Wildman–Crippen MR) is 107 cm³/mol. The Hall–Kier alpha value is -2.58. The first-order valence-electron chi connectivity index (χ1n) is 8.66. The third-order valence-corrected chi connectivity index (χ3v) is 5.25. The Morgan fingerprint density at radius 3 is 2.52 bits per heavy atom. The van der Waals surface area contributed by atoms with Gasteiger partial charge in [-0.15, -0.1) is 0 Å². The predicted octanol–water partition coefficient (Wildman–Crippen LogP) is 1.86. The normalized spacial score (nSPS) is 11.9. The Morgan fingerprint density at radius 1 is 1.07 bits per heavy atom. The summed E-state index contributed by atoms with van der Waals surface area (Å²) in [5.41, 5.74) is 1.88. The fourth-order valence-electron chi connectivity index (χ4n) is 2.41. The highest BCUT2D eigenvalue weighted by atomic mass is 32.2. The fraction of sp³-hybridized carbons (Fsp3) is 0.316. The van der Waals surface area contributed by atoms with Crippen LogP contribution in [0.2, 0.25) is 0 Å². The summed E-state index contributed by atoms with van der Waals surface area (Å²) < 4.78 is 31.4. The van der Waals surface area contributed by atoms with Crippen LogP contribution in [0.15, 0.2) is 58.4 Å². The molecule has 146 valence electrons. The lowest BCUT2D eigenvalue weighted by molar-refractivity contribution is 0.414. The van der Waals surface area contributed by atoms with Crippen LogP contribution >= 0.6 is 0 Å². The number of ether oxygens (including phenoxy) is 1. The van der Waals surface area contributed by atoms with Crippen molar-refractivity contribution in [3.63, 3.8) is 0 Å². The molecule has 0 aliphatic rings. The first-order valence-corrected chi connectivity index (χ1v) is 10.1. The van der Waals surface area contributed by atoms with Crippen LogP contribution in [0.3, 0.4) is 0 Å². The second kappa shape index (κ2) is 9.94. The molecular formula is C19H26N4O3S. The van der Waals surface area contributed by atoms with Crippen LogP contribution in [0.25, 0.3) is 0 Å². The lowest BCUT2D eigenvalue weighted by Crippen LogP contribution is -2.36. The van der Waals surface area contributed by atoms with Gasteiger partial charge < -0.3 is 15.4 Å². The van der Waals surface area contributed by atoms with Crippen LogP contribution in [0.5, 0.6) is 5.75 Å². The molecular weight excluding hydrogens is 364 g/mol.